The third kappa shape index (κ3) is 4.09. The van der Waals surface area contributed by atoms with E-state index in [2.05, 4.69) is 35.6 Å². The third-order valence-electron chi connectivity index (χ3n) is 5.30. The predicted molar refractivity (Wildman–Crippen MR) is 92.9 cm³/mol. The summed E-state index contributed by atoms with van der Waals surface area (Å²) in [6, 6.07) is 2.29. The maximum Gasteiger partial charge on any atom is 0.315 e. The standard InChI is InChI=1S/C18H30N4O2/c1-12(11-22-14(3)9-13(2)21-22)10-19-18(23)20-16-5-4-6-17-15(16)7-8-24-17/h9,12,15-17H,4-8,10-11H2,1-3H3,(H2,19,20,23)/t12-,15-,16-,17-/m1/s1. The largest absolute Gasteiger partial charge is 0.378 e. The molecule has 3 rings (SSSR count). The lowest BCUT2D eigenvalue weighted by atomic mass is 9.82. The zero-order valence-corrected chi connectivity index (χ0v) is 15.0. The van der Waals surface area contributed by atoms with E-state index in [0.717, 1.165) is 44.5 Å². The number of hydrogen-bond acceptors (Lipinski definition) is 3. The van der Waals surface area contributed by atoms with E-state index in [4.69, 9.17) is 4.74 Å². The van der Waals surface area contributed by atoms with Gasteiger partial charge in [-0.25, -0.2) is 4.79 Å². The first kappa shape index (κ1) is 17.3. The van der Waals surface area contributed by atoms with Crippen LogP contribution < -0.4 is 10.6 Å². The van der Waals surface area contributed by atoms with E-state index >= 15 is 0 Å². The highest BCUT2D eigenvalue weighted by molar-refractivity contribution is 5.74. The Labute approximate surface area is 144 Å². The van der Waals surface area contributed by atoms with Crippen LogP contribution in [0.25, 0.3) is 0 Å². The van der Waals surface area contributed by atoms with Gasteiger partial charge in [-0.3, -0.25) is 4.68 Å². The molecule has 1 saturated heterocycles. The van der Waals surface area contributed by atoms with Gasteiger partial charge in [-0.1, -0.05) is 6.92 Å². The van der Waals surface area contributed by atoms with Crippen LogP contribution in [0.4, 0.5) is 4.79 Å². The lowest BCUT2D eigenvalue weighted by Gasteiger charge is -2.33. The number of urea groups is 1. The molecule has 1 aromatic rings. The van der Waals surface area contributed by atoms with Crippen LogP contribution >= 0.6 is 0 Å². The summed E-state index contributed by atoms with van der Waals surface area (Å²) >= 11 is 0. The Morgan fingerprint density at radius 3 is 3.00 bits per heavy atom. The van der Waals surface area contributed by atoms with Gasteiger partial charge in [-0.15, -0.1) is 0 Å². The molecule has 2 fully saturated rings. The molecule has 24 heavy (non-hydrogen) atoms. The topological polar surface area (TPSA) is 68.2 Å². The van der Waals surface area contributed by atoms with Crippen LogP contribution in [0, 0.1) is 25.7 Å². The highest BCUT2D eigenvalue weighted by Crippen LogP contribution is 2.34. The monoisotopic (exact) mass is 334 g/mol. The van der Waals surface area contributed by atoms with E-state index in [-0.39, 0.29) is 12.1 Å². The number of nitrogens with one attached hydrogen (secondary N) is 2. The molecule has 2 amide bonds. The Balaban J connectivity index is 1.42. The van der Waals surface area contributed by atoms with Gasteiger partial charge in [0.15, 0.2) is 0 Å². The van der Waals surface area contributed by atoms with Crippen molar-refractivity contribution >= 4 is 6.03 Å². The van der Waals surface area contributed by atoms with Gasteiger partial charge in [0.2, 0.25) is 0 Å². The van der Waals surface area contributed by atoms with Crippen molar-refractivity contribution in [2.45, 2.75) is 65.1 Å². The molecule has 4 atom stereocenters. The van der Waals surface area contributed by atoms with Gasteiger partial charge < -0.3 is 15.4 Å². The van der Waals surface area contributed by atoms with Gasteiger partial charge >= 0.3 is 6.03 Å². The van der Waals surface area contributed by atoms with Gasteiger partial charge in [0, 0.05) is 37.4 Å². The van der Waals surface area contributed by atoms with Crippen molar-refractivity contribution in [1.82, 2.24) is 20.4 Å². The number of nitrogens with zero attached hydrogens (tertiary/aromatic N) is 2. The first-order valence-corrected chi connectivity index (χ1v) is 9.20. The summed E-state index contributed by atoms with van der Waals surface area (Å²) in [5.41, 5.74) is 2.20. The van der Waals surface area contributed by atoms with Crippen LogP contribution in [0.3, 0.4) is 0 Å². The predicted octanol–water partition coefficient (Wildman–Crippen LogP) is 2.39. The minimum atomic E-state index is -0.0484. The molecule has 0 radical (unpaired) electrons. The fraction of sp³-hybridized carbons (Fsp3) is 0.778. The van der Waals surface area contributed by atoms with Crippen molar-refractivity contribution in [1.29, 1.82) is 0 Å². The van der Waals surface area contributed by atoms with E-state index in [1.165, 1.54) is 5.69 Å². The van der Waals surface area contributed by atoms with Crippen molar-refractivity contribution in [3.63, 3.8) is 0 Å². The highest BCUT2D eigenvalue weighted by Gasteiger charge is 2.38. The molecule has 1 aliphatic heterocycles. The number of fused-ring (bicyclic) bond motifs is 1. The van der Waals surface area contributed by atoms with E-state index in [0.29, 0.717) is 24.5 Å². The van der Waals surface area contributed by atoms with Crippen LogP contribution in [0.15, 0.2) is 6.07 Å². The summed E-state index contributed by atoms with van der Waals surface area (Å²) < 4.78 is 7.78. The fourth-order valence-corrected chi connectivity index (χ4v) is 4.06. The lowest BCUT2D eigenvalue weighted by molar-refractivity contribution is 0.0549. The summed E-state index contributed by atoms with van der Waals surface area (Å²) in [4.78, 5) is 12.2. The van der Waals surface area contributed by atoms with E-state index in [1.807, 2.05) is 11.6 Å². The smallest absolute Gasteiger partial charge is 0.315 e. The molecule has 2 N–H and O–H groups in total. The highest BCUT2D eigenvalue weighted by atomic mass is 16.5. The molecule has 6 nitrogen and oxygen atoms in total. The normalized spacial score (nSPS) is 27.5. The van der Waals surface area contributed by atoms with E-state index < -0.39 is 0 Å². The number of rotatable bonds is 5. The Morgan fingerprint density at radius 2 is 2.25 bits per heavy atom. The molecule has 1 aliphatic carbocycles. The van der Waals surface area contributed by atoms with Gasteiger partial charge in [0.1, 0.15) is 0 Å². The number of amides is 2. The summed E-state index contributed by atoms with van der Waals surface area (Å²) in [5.74, 6) is 0.833. The molecule has 2 heterocycles. The first-order chi connectivity index (χ1) is 11.5. The minimum absolute atomic E-state index is 0.0484. The minimum Gasteiger partial charge on any atom is -0.378 e. The second kappa shape index (κ2) is 7.55. The first-order valence-electron chi connectivity index (χ1n) is 9.20. The van der Waals surface area contributed by atoms with E-state index in [9.17, 15) is 4.79 Å². The zero-order valence-electron chi connectivity index (χ0n) is 15.0. The number of aromatic nitrogens is 2. The van der Waals surface area contributed by atoms with Gasteiger partial charge in [-0.2, -0.15) is 5.10 Å². The van der Waals surface area contributed by atoms with Crippen LogP contribution in [-0.4, -0.2) is 41.1 Å². The van der Waals surface area contributed by atoms with Crippen molar-refractivity contribution in [3.05, 3.63) is 17.5 Å². The van der Waals surface area contributed by atoms with Crippen molar-refractivity contribution in [3.8, 4) is 0 Å². The van der Waals surface area contributed by atoms with Crippen LogP contribution in [0.5, 0.6) is 0 Å². The molecule has 0 unspecified atom stereocenters. The SMILES string of the molecule is Cc1cc(C)n(C[C@H](C)CNC(=O)N[C@@H]2CCC[C@H]3OCC[C@H]23)n1. The van der Waals surface area contributed by atoms with Gasteiger partial charge in [0.05, 0.1) is 11.8 Å². The third-order valence-corrected chi connectivity index (χ3v) is 5.30. The van der Waals surface area contributed by atoms with Crippen LogP contribution in [-0.2, 0) is 11.3 Å². The van der Waals surface area contributed by atoms with Gasteiger partial charge in [0.25, 0.3) is 0 Å². The molecule has 0 spiro atoms. The van der Waals surface area contributed by atoms with Gasteiger partial charge in [-0.05, 0) is 51.5 Å². The number of aryl methyl sites for hydroxylation is 2. The molecule has 0 aromatic carbocycles. The maximum atomic E-state index is 12.2. The molecule has 134 valence electrons. The Hall–Kier alpha value is -1.56. The second-order valence-corrected chi connectivity index (χ2v) is 7.47. The molecule has 0 bridgehead atoms. The Kier molecular flexibility index (Phi) is 5.43. The summed E-state index contributed by atoms with van der Waals surface area (Å²) in [5, 5.41) is 10.7. The van der Waals surface area contributed by atoms with Crippen molar-refractivity contribution < 1.29 is 9.53 Å². The van der Waals surface area contributed by atoms with Crippen molar-refractivity contribution in [2.75, 3.05) is 13.2 Å². The number of carbonyl (C=O) groups is 1. The summed E-state index contributed by atoms with van der Waals surface area (Å²) in [6.45, 7) is 8.52. The quantitative estimate of drug-likeness (QED) is 0.869. The number of hydrogen-bond donors (Lipinski definition) is 2. The van der Waals surface area contributed by atoms with E-state index in [1.54, 1.807) is 0 Å². The molecule has 6 heteroatoms. The average Bonchev–Trinajstić information content (AvgIpc) is 3.13. The Bertz CT molecular complexity index is 571. The number of ether oxygens (including phenoxy) is 1. The fourth-order valence-electron chi connectivity index (χ4n) is 4.06. The molecule has 2 aliphatic rings. The van der Waals surface area contributed by atoms with Crippen LogP contribution in [0.1, 0.15) is 44.0 Å². The summed E-state index contributed by atoms with van der Waals surface area (Å²) in [6.07, 6.45) is 4.78. The molecular weight excluding hydrogens is 304 g/mol. The molecular formula is C18H30N4O2. The Morgan fingerprint density at radius 1 is 1.42 bits per heavy atom. The number of carbonyl (C=O) groups excluding carboxylic acids is 1. The summed E-state index contributed by atoms with van der Waals surface area (Å²) in [7, 11) is 0. The maximum absolute atomic E-state index is 12.2. The second-order valence-electron chi connectivity index (χ2n) is 7.47. The van der Waals surface area contributed by atoms with Crippen molar-refractivity contribution in [2.24, 2.45) is 11.8 Å². The molecule has 1 aromatic heterocycles. The lowest BCUT2D eigenvalue weighted by Crippen LogP contribution is -2.50. The average molecular weight is 334 g/mol. The molecule has 1 saturated carbocycles. The van der Waals surface area contributed by atoms with Crippen LogP contribution in [0.2, 0.25) is 0 Å². The zero-order chi connectivity index (χ0) is 17.1.